The standard InChI is InChI=1S/C18H16N6Se2/c1-3-9-17-15(7-1)19-21-23(17)11-5-13-25-26-14-6-12-24-18-10-4-2-8-16(18)20-22-24/h1-10,13-14H,11-12H2/b13-5+,14-6+. The fraction of sp³-hybridized carbons (Fsp3) is 0.111. The average Bonchev–Trinajstić information content (AvgIpc) is 3.28. The van der Waals surface area contributed by atoms with Gasteiger partial charge in [-0.3, -0.25) is 0 Å². The van der Waals surface area contributed by atoms with E-state index in [0.29, 0.717) is 26.3 Å². The molecular formula is C18H16N6Se2. The molecule has 2 aromatic heterocycles. The van der Waals surface area contributed by atoms with Gasteiger partial charge >= 0.3 is 162 Å². The van der Waals surface area contributed by atoms with E-state index in [2.05, 4.69) is 54.9 Å². The number of nitrogens with zero attached hydrogens (tertiary/aromatic N) is 6. The van der Waals surface area contributed by atoms with Gasteiger partial charge in [-0.2, -0.15) is 0 Å². The number of benzene rings is 2. The normalized spacial score (nSPS) is 12.2. The van der Waals surface area contributed by atoms with Gasteiger partial charge in [0, 0.05) is 0 Å². The molecule has 0 bridgehead atoms. The zero-order chi connectivity index (χ0) is 17.6. The average molecular weight is 474 g/mol. The van der Waals surface area contributed by atoms with Crippen molar-refractivity contribution in [3.8, 4) is 0 Å². The number of aromatic nitrogens is 6. The molecule has 0 aliphatic carbocycles. The van der Waals surface area contributed by atoms with Crippen molar-refractivity contribution in [3.05, 3.63) is 70.6 Å². The molecule has 2 aromatic carbocycles. The molecule has 8 heteroatoms. The zero-order valence-electron chi connectivity index (χ0n) is 13.8. The minimum atomic E-state index is 0.504. The second-order valence-electron chi connectivity index (χ2n) is 5.46. The third kappa shape index (κ3) is 3.94. The van der Waals surface area contributed by atoms with Crippen LogP contribution in [0, 0.1) is 0 Å². The molecular weight excluding hydrogens is 458 g/mol. The van der Waals surface area contributed by atoms with Crippen LogP contribution in [0.2, 0.25) is 0 Å². The van der Waals surface area contributed by atoms with Crippen LogP contribution in [0.5, 0.6) is 0 Å². The Morgan fingerprint density at radius 1 is 0.692 bits per heavy atom. The van der Waals surface area contributed by atoms with Crippen LogP contribution in [0.25, 0.3) is 22.1 Å². The molecule has 0 N–H and O–H groups in total. The Balaban J connectivity index is 1.23. The van der Waals surface area contributed by atoms with Gasteiger partial charge in [0.2, 0.25) is 0 Å². The molecule has 0 fully saturated rings. The summed E-state index contributed by atoms with van der Waals surface area (Å²) >= 11 is 1.01. The molecule has 0 unspecified atom stereocenters. The van der Waals surface area contributed by atoms with Crippen molar-refractivity contribution in [2.75, 3.05) is 0 Å². The van der Waals surface area contributed by atoms with Gasteiger partial charge in [0.15, 0.2) is 0 Å². The van der Waals surface area contributed by atoms with Gasteiger partial charge < -0.3 is 0 Å². The number of allylic oxidation sites excluding steroid dienone is 2. The van der Waals surface area contributed by atoms with E-state index in [1.54, 1.807) is 0 Å². The molecule has 4 aromatic rings. The topological polar surface area (TPSA) is 61.4 Å². The van der Waals surface area contributed by atoms with Crippen molar-refractivity contribution in [2.45, 2.75) is 13.1 Å². The zero-order valence-corrected chi connectivity index (χ0v) is 17.3. The maximum atomic E-state index is 4.19. The molecule has 0 aliphatic heterocycles. The van der Waals surface area contributed by atoms with E-state index in [1.807, 2.05) is 45.8 Å². The number of fused-ring (bicyclic) bond motifs is 2. The predicted octanol–water partition coefficient (Wildman–Crippen LogP) is 2.23. The monoisotopic (exact) mass is 476 g/mol. The van der Waals surface area contributed by atoms with Gasteiger partial charge in [-0.15, -0.1) is 0 Å². The second kappa shape index (κ2) is 8.43. The minimum absolute atomic E-state index is 0.504. The predicted molar refractivity (Wildman–Crippen MR) is 105 cm³/mol. The Labute approximate surface area is 161 Å². The van der Waals surface area contributed by atoms with Crippen LogP contribution < -0.4 is 0 Å². The van der Waals surface area contributed by atoms with E-state index >= 15 is 0 Å². The van der Waals surface area contributed by atoms with E-state index in [4.69, 9.17) is 0 Å². The fourth-order valence-electron chi connectivity index (χ4n) is 2.53. The quantitative estimate of drug-likeness (QED) is 0.305. The van der Waals surface area contributed by atoms with E-state index in [0.717, 1.165) is 35.2 Å². The summed E-state index contributed by atoms with van der Waals surface area (Å²) in [4.78, 5) is 4.55. The Kier molecular flexibility index (Phi) is 5.57. The van der Waals surface area contributed by atoms with E-state index in [-0.39, 0.29) is 0 Å². The van der Waals surface area contributed by atoms with Crippen LogP contribution in [0.4, 0.5) is 0 Å². The molecule has 0 amide bonds. The third-order valence-corrected chi connectivity index (χ3v) is 8.90. The first kappa shape index (κ1) is 17.2. The molecule has 0 saturated carbocycles. The van der Waals surface area contributed by atoms with E-state index in [1.165, 1.54) is 0 Å². The first-order chi connectivity index (χ1) is 12.9. The van der Waals surface area contributed by atoms with Crippen molar-refractivity contribution in [3.63, 3.8) is 0 Å². The van der Waals surface area contributed by atoms with Crippen molar-refractivity contribution < 1.29 is 0 Å². The van der Waals surface area contributed by atoms with Gasteiger partial charge in [-0.1, -0.05) is 0 Å². The van der Waals surface area contributed by atoms with E-state index < -0.39 is 0 Å². The third-order valence-electron chi connectivity index (χ3n) is 3.76. The molecule has 6 nitrogen and oxygen atoms in total. The molecule has 0 radical (unpaired) electrons. The molecule has 2 heterocycles. The SMILES string of the molecule is C(=C\[Se][Se]/C=C/Cn1nnc2ccccc21)/Cn1nnc2ccccc21. The number of para-hydroxylation sites is 2. The second-order valence-corrected chi connectivity index (χ2v) is 11.6. The van der Waals surface area contributed by atoms with Gasteiger partial charge in [-0.25, -0.2) is 0 Å². The van der Waals surface area contributed by atoms with Crippen LogP contribution in [-0.2, 0) is 13.1 Å². The maximum absolute atomic E-state index is 4.19. The van der Waals surface area contributed by atoms with Gasteiger partial charge in [0.25, 0.3) is 0 Å². The van der Waals surface area contributed by atoms with Crippen LogP contribution in [0.15, 0.2) is 70.6 Å². The summed E-state index contributed by atoms with van der Waals surface area (Å²) in [5.74, 6) is 0. The number of hydrogen-bond donors (Lipinski definition) is 0. The van der Waals surface area contributed by atoms with Crippen LogP contribution in [0.1, 0.15) is 0 Å². The van der Waals surface area contributed by atoms with Crippen molar-refractivity contribution >= 4 is 48.3 Å². The van der Waals surface area contributed by atoms with Crippen molar-refractivity contribution in [1.82, 2.24) is 30.0 Å². The fourth-order valence-corrected chi connectivity index (χ4v) is 6.60. The first-order valence-electron chi connectivity index (χ1n) is 8.10. The Morgan fingerprint density at radius 3 is 1.65 bits per heavy atom. The van der Waals surface area contributed by atoms with Crippen LogP contribution in [-0.4, -0.2) is 56.3 Å². The Bertz CT molecular complexity index is 980. The molecule has 130 valence electrons. The van der Waals surface area contributed by atoms with Gasteiger partial charge in [0.05, 0.1) is 0 Å². The summed E-state index contributed by atoms with van der Waals surface area (Å²) in [5, 5.41) is 16.7. The summed E-state index contributed by atoms with van der Waals surface area (Å²) < 4.78 is 3.86. The number of hydrogen-bond acceptors (Lipinski definition) is 4. The molecule has 0 spiro atoms. The van der Waals surface area contributed by atoms with E-state index in [9.17, 15) is 0 Å². The first-order valence-corrected chi connectivity index (χ1v) is 14.4. The molecule has 0 saturated heterocycles. The Hall–Kier alpha value is -2.24. The molecule has 4 rings (SSSR count). The number of rotatable bonds is 7. The Morgan fingerprint density at radius 2 is 1.15 bits per heavy atom. The molecule has 26 heavy (non-hydrogen) atoms. The summed E-state index contributed by atoms with van der Waals surface area (Å²) in [7, 11) is 0. The molecule has 0 aliphatic rings. The van der Waals surface area contributed by atoms with Gasteiger partial charge in [-0.05, 0) is 0 Å². The van der Waals surface area contributed by atoms with Crippen molar-refractivity contribution in [1.29, 1.82) is 0 Å². The summed E-state index contributed by atoms with van der Waals surface area (Å²) in [6.07, 6.45) is 4.36. The summed E-state index contributed by atoms with van der Waals surface area (Å²) in [6, 6.07) is 16.1. The van der Waals surface area contributed by atoms with Crippen LogP contribution in [0.3, 0.4) is 0 Å². The summed E-state index contributed by atoms with van der Waals surface area (Å²) in [5.41, 5.74) is 4.05. The van der Waals surface area contributed by atoms with Crippen LogP contribution >= 0.6 is 0 Å². The molecule has 0 atom stereocenters. The van der Waals surface area contributed by atoms with Gasteiger partial charge in [0.1, 0.15) is 0 Å². The van der Waals surface area contributed by atoms with Crippen molar-refractivity contribution in [2.24, 2.45) is 0 Å². The summed E-state index contributed by atoms with van der Waals surface area (Å²) in [6.45, 7) is 1.54.